The highest BCUT2D eigenvalue weighted by atomic mass is 16.5. The molecule has 1 unspecified atom stereocenters. The summed E-state index contributed by atoms with van der Waals surface area (Å²) in [6, 6.07) is 5.59. The van der Waals surface area contributed by atoms with E-state index in [1.54, 1.807) is 14.0 Å². The van der Waals surface area contributed by atoms with Crippen molar-refractivity contribution in [2.24, 2.45) is 0 Å². The van der Waals surface area contributed by atoms with Gasteiger partial charge in [0.25, 0.3) is 5.91 Å². The third-order valence-electron chi connectivity index (χ3n) is 3.77. The number of nitrogens with one attached hydrogen (secondary N) is 1. The first-order valence-corrected chi connectivity index (χ1v) is 6.69. The molecule has 0 bridgehead atoms. The zero-order valence-corrected chi connectivity index (χ0v) is 12.3. The molecule has 20 heavy (non-hydrogen) atoms. The minimum absolute atomic E-state index is 0.0221. The van der Waals surface area contributed by atoms with Crippen LogP contribution in [0.3, 0.4) is 0 Å². The van der Waals surface area contributed by atoms with E-state index in [4.69, 9.17) is 4.74 Å². The minimum atomic E-state index is -0.857. The number of carbonyl (C=O) groups excluding carboxylic acids is 2. The number of ether oxygens (including phenoxy) is 1. The number of anilines is 1. The standard InChI is InChI=1S/C15H20N2O3/c1-5-15(3)14(19)17(9-13(18)16-15)11-8-10(2)6-7-12(11)20-4/h6-8H,5,9H2,1-4H3,(H,16,18). The molecule has 2 rings (SSSR count). The summed E-state index contributed by atoms with van der Waals surface area (Å²) in [5.74, 6) is 0.332. The molecule has 1 atom stereocenters. The SMILES string of the molecule is CCC1(C)NC(=O)CN(c2cc(C)ccc2OC)C1=O. The third-order valence-corrected chi connectivity index (χ3v) is 3.77. The maximum absolute atomic E-state index is 12.7. The smallest absolute Gasteiger partial charge is 0.253 e. The summed E-state index contributed by atoms with van der Waals surface area (Å²) in [6.07, 6.45) is 0.544. The molecule has 1 aliphatic rings. The van der Waals surface area contributed by atoms with Gasteiger partial charge in [-0.3, -0.25) is 14.5 Å². The Morgan fingerprint density at radius 2 is 2.10 bits per heavy atom. The predicted molar refractivity (Wildman–Crippen MR) is 76.9 cm³/mol. The maximum Gasteiger partial charge on any atom is 0.253 e. The molecule has 0 radical (unpaired) electrons. The van der Waals surface area contributed by atoms with Crippen LogP contribution in [0.5, 0.6) is 5.75 Å². The van der Waals surface area contributed by atoms with Gasteiger partial charge in [0.05, 0.1) is 12.8 Å². The first kappa shape index (κ1) is 14.4. The topological polar surface area (TPSA) is 58.6 Å². The minimum Gasteiger partial charge on any atom is -0.495 e. The molecular weight excluding hydrogens is 256 g/mol. The average molecular weight is 276 g/mol. The van der Waals surface area contributed by atoms with E-state index in [2.05, 4.69) is 5.32 Å². The number of hydrogen-bond acceptors (Lipinski definition) is 3. The Kier molecular flexibility index (Phi) is 3.70. The number of piperazine rings is 1. The molecule has 1 aliphatic heterocycles. The van der Waals surface area contributed by atoms with Crippen LogP contribution in [0, 0.1) is 6.92 Å². The van der Waals surface area contributed by atoms with Crippen molar-refractivity contribution in [3.05, 3.63) is 23.8 Å². The van der Waals surface area contributed by atoms with Crippen LogP contribution in [0.15, 0.2) is 18.2 Å². The molecule has 1 fully saturated rings. The summed E-state index contributed by atoms with van der Waals surface area (Å²) in [7, 11) is 1.56. The zero-order chi connectivity index (χ0) is 14.9. The molecule has 0 aromatic heterocycles. The summed E-state index contributed by atoms with van der Waals surface area (Å²) in [6.45, 7) is 5.60. The quantitative estimate of drug-likeness (QED) is 0.913. The van der Waals surface area contributed by atoms with Gasteiger partial charge in [0.15, 0.2) is 0 Å². The molecule has 5 nitrogen and oxygen atoms in total. The molecule has 108 valence electrons. The molecule has 1 aromatic carbocycles. The van der Waals surface area contributed by atoms with E-state index in [9.17, 15) is 9.59 Å². The highest BCUT2D eigenvalue weighted by Crippen LogP contribution is 2.32. The summed E-state index contributed by atoms with van der Waals surface area (Å²) >= 11 is 0. The van der Waals surface area contributed by atoms with E-state index in [1.165, 1.54) is 4.90 Å². The molecule has 5 heteroatoms. The highest BCUT2D eigenvalue weighted by Gasteiger charge is 2.42. The predicted octanol–water partition coefficient (Wildman–Crippen LogP) is 1.64. The lowest BCUT2D eigenvalue weighted by Crippen LogP contribution is -2.65. The lowest BCUT2D eigenvalue weighted by molar-refractivity contribution is -0.135. The molecule has 1 saturated heterocycles. The van der Waals surface area contributed by atoms with E-state index in [0.29, 0.717) is 17.9 Å². The Balaban J connectivity index is 2.48. The van der Waals surface area contributed by atoms with Gasteiger partial charge >= 0.3 is 0 Å². The van der Waals surface area contributed by atoms with E-state index in [1.807, 2.05) is 32.0 Å². The Labute approximate surface area is 118 Å². The van der Waals surface area contributed by atoms with E-state index in [-0.39, 0.29) is 18.4 Å². The molecule has 0 aliphatic carbocycles. The van der Waals surface area contributed by atoms with Crippen molar-refractivity contribution < 1.29 is 14.3 Å². The number of benzene rings is 1. The van der Waals surface area contributed by atoms with Crippen LogP contribution in [0.2, 0.25) is 0 Å². The molecular formula is C15H20N2O3. The number of rotatable bonds is 3. The second-order valence-corrected chi connectivity index (χ2v) is 5.30. The van der Waals surface area contributed by atoms with Gasteiger partial charge in [-0.2, -0.15) is 0 Å². The van der Waals surface area contributed by atoms with Gasteiger partial charge in [0, 0.05) is 0 Å². The van der Waals surface area contributed by atoms with Crippen LogP contribution < -0.4 is 15.0 Å². The van der Waals surface area contributed by atoms with Crippen molar-refractivity contribution in [1.29, 1.82) is 0 Å². The number of aryl methyl sites for hydroxylation is 1. The first-order chi connectivity index (χ1) is 9.41. The molecule has 1 heterocycles. The molecule has 1 aromatic rings. The van der Waals surface area contributed by atoms with Crippen LogP contribution >= 0.6 is 0 Å². The van der Waals surface area contributed by atoms with Gasteiger partial charge < -0.3 is 10.1 Å². The summed E-state index contributed by atoms with van der Waals surface area (Å²) in [4.78, 5) is 26.1. The van der Waals surface area contributed by atoms with Crippen molar-refractivity contribution in [2.45, 2.75) is 32.7 Å². The molecule has 0 spiro atoms. The number of methoxy groups -OCH3 is 1. The largest absolute Gasteiger partial charge is 0.495 e. The second kappa shape index (κ2) is 5.15. The van der Waals surface area contributed by atoms with Crippen molar-refractivity contribution in [3.63, 3.8) is 0 Å². The number of carbonyl (C=O) groups is 2. The zero-order valence-electron chi connectivity index (χ0n) is 12.3. The third kappa shape index (κ3) is 2.35. The number of hydrogen-bond donors (Lipinski definition) is 1. The fourth-order valence-electron chi connectivity index (χ4n) is 2.36. The second-order valence-electron chi connectivity index (χ2n) is 5.30. The van der Waals surface area contributed by atoms with Gasteiger partial charge in [-0.1, -0.05) is 13.0 Å². The van der Waals surface area contributed by atoms with Crippen molar-refractivity contribution in [1.82, 2.24) is 5.32 Å². The normalized spacial score (nSPS) is 22.7. The Morgan fingerprint density at radius 1 is 1.40 bits per heavy atom. The summed E-state index contributed by atoms with van der Waals surface area (Å²) in [5, 5.41) is 2.77. The average Bonchev–Trinajstić information content (AvgIpc) is 2.42. The van der Waals surface area contributed by atoms with E-state index >= 15 is 0 Å². The molecule has 1 N–H and O–H groups in total. The van der Waals surface area contributed by atoms with Crippen LogP contribution in [-0.2, 0) is 9.59 Å². The summed E-state index contributed by atoms with van der Waals surface area (Å²) < 4.78 is 5.31. The van der Waals surface area contributed by atoms with Gasteiger partial charge in [-0.25, -0.2) is 0 Å². The van der Waals surface area contributed by atoms with E-state index in [0.717, 1.165) is 5.56 Å². The van der Waals surface area contributed by atoms with Gasteiger partial charge in [-0.05, 0) is 38.0 Å². The van der Waals surface area contributed by atoms with Gasteiger partial charge in [-0.15, -0.1) is 0 Å². The Morgan fingerprint density at radius 3 is 2.70 bits per heavy atom. The molecule has 2 amide bonds. The van der Waals surface area contributed by atoms with Crippen LogP contribution in [0.25, 0.3) is 0 Å². The van der Waals surface area contributed by atoms with Crippen LogP contribution in [-0.4, -0.2) is 31.0 Å². The van der Waals surface area contributed by atoms with Gasteiger partial charge in [0.1, 0.15) is 17.8 Å². The lowest BCUT2D eigenvalue weighted by atomic mass is 9.94. The van der Waals surface area contributed by atoms with Crippen molar-refractivity contribution in [2.75, 3.05) is 18.6 Å². The highest BCUT2D eigenvalue weighted by molar-refractivity contribution is 6.09. The fraction of sp³-hybridized carbons (Fsp3) is 0.467. The summed E-state index contributed by atoms with van der Waals surface area (Å²) in [5.41, 5.74) is 0.800. The maximum atomic E-state index is 12.7. The van der Waals surface area contributed by atoms with Gasteiger partial charge in [0.2, 0.25) is 5.91 Å². The van der Waals surface area contributed by atoms with E-state index < -0.39 is 5.54 Å². The number of amides is 2. The Hall–Kier alpha value is -2.04. The van der Waals surface area contributed by atoms with Crippen LogP contribution in [0.1, 0.15) is 25.8 Å². The van der Waals surface area contributed by atoms with Crippen LogP contribution in [0.4, 0.5) is 5.69 Å². The van der Waals surface area contributed by atoms with Crippen molar-refractivity contribution in [3.8, 4) is 5.75 Å². The van der Waals surface area contributed by atoms with Crippen molar-refractivity contribution >= 4 is 17.5 Å². The molecule has 0 saturated carbocycles. The fourth-order valence-corrected chi connectivity index (χ4v) is 2.36. The Bertz CT molecular complexity index is 556. The lowest BCUT2D eigenvalue weighted by Gasteiger charge is -2.39. The monoisotopic (exact) mass is 276 g/mol. The number of nitrogens with zero attached hydrogens (tertiary/aromatic N) is 1. The first-order valence-electron chi connectivity index (χ1n) is 6.69.